The molecule has 1 rings (SSSR count). The Hall–Kier alpha value is -0.768. The summed E-state index contributed by atoms with van der Waals surface area (Å²) in [6, 6.07) is 0. The van der Waals surface area contributed by atoms with Crippen LogP contribution in [-0.4, -0.2) is 4.57 Å². The molecule has 1 aromatic heterocycles. The standard InChI is InChI=1S/C11H21N2.4O.Re/c1-3-4-5-6-7-8-13-10-9-12(2)11-13;;;;;/h9-11H,3-8H2,1-2H3;;;;;/q+1;;;;-1;. The van der Waals surface area contributed by atoms with E-state index < -0.39 is 15.8 Å². The molecule has 0 atom stereocenters. The van der Waals surface area contributed by atoms with Gasteiger partial charge in [0, 0.05) is 0 Å². The molecule has 0 fully saturated rings. The van der Waals surface area contributed by atoms with E-state index in [1.807, 2.05) is 0 Å². The summed E-state index contributed by atoms with van der Waals surface area (Å²) in [5.74, 6) is 0. The van der Waals surface area contributed by atoms with Gasteiger partial charge in [-0.15, -0.1) is 0 Å². The molecular formula is C11H21N2O4Re. The Labute approximate surface area is 111 Å². The zero-order valence-electron chi connectivity index (χ0n) is 10.9. The molecule has 1 aromatic rings. The summed E-state index contributed by atoms with van der Waals surface area (Å²) >= 11 is -6.11. The van der Waals surface area contributed by atoms with E-state index in [-0.39, 0.29) is 0 Å². The van der Waals surface area contributed by atoms with Crippen molar-refractivity contribution in [2.45, 2.75) is 45.6 Å². The molecule has 0 saturated carbocycles. The maximum absolute atomic E-state index is 8.64. The second-order valence-electron chi connectivity index (χ2n) is 4.11. The molecule has 0 aliphatic carbocycles. The van der Waals surface area contributed by atoms with E-state index in [0.29, 0.717) is 0 Å². The van der Waals surface area contributed by atoms with Crippen LogP contribution in [0.3, 0.4) is 0 Å². The first-order valence-corrected chi connectivity index (χ1v) is 10.4. The van der Waals surface area contributed by atoms with Gasteiger partial charge in [0.1, 0.15) is 12.4 Å². The fraction of sp³-hybridized carbons (Fsp3) is 0.727. The molecule has 0 aliphatic heterocycles. The van der Waals surface area contributed by atoms with Crippen molar-refractivity contribution in [1.29, 1.82) is 0 Å². The first-order chi connectivity index (χ1) is 8.33. The minimum absolute atomic E-state index is 1.17. The van der Waals surface area contributed by atoms with Crippen LogP contribution in [0, 0.1) is 0 Å². The van der Waals surface area contributed by atoms with Crippen LogP contribution in [0.5, 0.6) is 0 Å². The number of unbranched alkanes of at least 4 members (excludes halogenated alkanes) is 4. The van der Waals surface area contributed by atoms with Crippen LogP contribution in [0.1, 0.15) is 39.0 Å². The predicted molar refractivity (Wildman–Crippen MR) is 56.4 cm³/mol. The van der Waals surface area contributed by atoms with E-state index in [0.717, 1.165) is 0 Å². The molecule has 0 radical (unpaired) electrons. The summed E-state index contributed by atoms with van der Waals surface area (Å²) < 4.78 is 38.9. The van der Waals surface area contributed by atoms with Crippen molar-refractivity contribution in [3.63, 3.8) is 0 Å². The van der Waals surface area contributed by atoms with Crippen molar-refractivity contribution in [2.24, 2.45) is 7.05 Å². The van der Waals surface area contributed by atoms with E-state index >= 15 is 0 Å². The number of aryl methyl sites for hydroxylation is 2. The summed E-state index contributed by atoms with van der Waals surface area (Å²) in [5, 5.41) is 0. The van der Waals surface area contributed by atoms with E-state index in [1.54, 1.807) is 0 Å². The summed E-state index contributed by atoms with van der Waals surface area (Å²) in [6.45, 7) is 3.43. The Balaban J connectivity index is 0.000000494. The monoisotopic (exact) mass is 432 g/mol. The maximum atomic E-state index is 8.64. The van der Waals surface area contributed by atoms with Gasteiger partial charge in [-0.25, -0.2) is 9.13 Å². The first kappa shape index (κ1) is 17.2. The van der Waals surface area contributed by atoms with Gasteiger partial charge in [0.05, 0.1) is 13.6 Å². The van der Waals surface area contributed by atoms with Gasteiger partial charge in [-0.1, -0.05) is 26.2 Å². The molecule has 18 heavy (non-hydrogen) atoms. The van der Waals surface area contributed by atoms with Gasteiger partial charge in [-0.2, -0.15) is 0 Å². The third-order valence-corrected chi connectivity index (χ3v) is 2.34. The molecule has 1 heterocycles. The number of hydrogen-bond acceptors (Lipinski definition) is 4. The van der Waals surface area contributed by atoms with E-state index in [2.05, 4.69) is 41.8 Å². The quantitative estimate of drug-likeness (QED) is 0.491. The average Bonchev–Trinajstić information content (AvgIpc) is 2.61. The number of imidazole rings is 1. The van der Waals surface area contributed by atoms with E-state index in [1.165, 1.54) is 38.6 Å². The van der Waals surface area contributed by atoms with Gasteiger partial charge in [-0.05, 0) is 12.8 Å². The van der Waals surface area contributed by atoms with Crippen molar-refractivity contribution in [3.8, 4) is 0 Å². The molecule has 0 amide bonds. The fourth-order valence-electron chi connectivity index (χ4n) is 1.53. The Morgan fingerprint density at radius 2 is 1.72 bits per heavy atom. The number of rotatable bonds is 6. The van der Waals surface area contributed by atoms with Crippen LogP contribution < -0.4 is 8.40 Å². The molecule has 6 nitrogen and oxygen atoms in total. The zero-order valence-corrected chi connectivity index (χ0v) is 13.6. The molecule has 0 aliphatic rings. The van der Waals surface area contributed by atoms with Gasteiger partial charge in [0.15, 0.2) is 0 Å². The summed E-state index contributed by atoms with van der Waals surface area (Å²) in [5.41, 5.74) is 0. The van der Waals surface area contributed by atoms with E-state index in [4.69, 9.17) is 14.2 Å². The number of nitrogens with zero attached hydrogens (tertiary/aromatic N) is 2. The van der Waals surface area contributed by atoms with Gasteiger partial charge >= 0.3 is 30.0 Å². The Kier molecular flexibility index (Phi) is 8.81. The molecule has 106 valence electrons. The summed E-state index contributed by atoms with van der Waals surface area (Å²) in [4.78, 5) is 0. The number of hydrogen-bond donors (Lipinski definition) is 0. The van der Waals surface area contributed by atoms with Gasteiger partial charge in [0.2, 0.25) is 6.33 Å². The van der Waals surface area contributed by atoms with Crippen LogP contribution in [0.15, 0.2) is 18.7 Å². The van der Waals surface area contributed by atoms with Crippen LogP contribution >= 0.6 is 0 Å². The molecule has 0 unspecified atom stereocenters. The Morgan fingerprint density at radius 3 is 2.17 bits per heavy atom. The van der Waals surface area contributed by atoms with Gasteiger partial charge in [-0.3, -0.25) is 0 Å². The second-order valence-corrected chi connectivity index (χ2v) is 6.82. The third-order valence-electron chi connectivity index (χ3n) is 2.34. The topological polar surface area (TPSA) is 83.1 Å². The number of aromatic nitrogens is 2. The minimum atomic E-state index is -6.11. The molecule has 0 saturated heterocycles. The second kappa shape index (κ2) is 9.20. The van der Waals surface area contributed by atoms with Crippen molar-refractivity contribution in [1.82, 2.24) is 4.57 Å². The molecule has 7 heteroatoms. The van der Waals surface area contributed by atoms with Crippen molar-refractivity contribution >= 4 is 0 Å². The molecule has 0 aromatic carbocycles. The van der Waals surface area contributed by atoms with Crippen molar-refractivity contribution < 1.29 is 34.6 Å². The van der Waals surface area contributed by atoms with Crippen LogP contribution in [0.25, 0.3) is 0 Å². The fourth-order valence-corrected chi connectivity index (χ4v) is 1.53. The molecule has 0 N–H and O–H groups in total. The summed E-state index contributed by atoms with van der Waals surface area (Å²) in [6.07, 6.45) is 13.2. The van der Waals surface area contributed by atoms with Crippen LogP contribution in [-0.2, 0) is 39.8 Å². The van der Waals surface area contributed by atoms with Crippen LogP contribution in [0.2, 0.25) is 0 Å². The Bertz CT molecular complexity index is 460. The van der Waals surface area contributed by atoms with Crippen molar-refractivity contribution in [3.05, 3.63) is 18.7 Å². The molecule has 0 spiro atoms. The summed E-state index contributed by atoms with van der Waals surface area (Å²) in [7, 11) is 2.06. The predicted octanol–water partition coefficient (Wildman–Crippen LogP) is 0.735. The van der Waals surface area contributed by atoms with Crippen molar-refractivity contribution in [2.75, 3.05) is 0 Å². The molecular weight excluding hydrogens is 410 g/mol. The molecule has 0 bridgehead atoms. The SMILES string of the molecule is CCCCCCCn1cc[n+](C)c1.[O]=[Re](=[O])(=[O])[O-]. The first-order valence-electron chi connectivity index (χ1n) is 5.95. The third kappa shape index (κ3) is 13.3. The Morgan fingerprint density at radius 1 is 1.17 bits per heavy atom. The average molecular weight is 432 g/mol. The normalized spacial score (nSPS) is 10.8. The van der Waals surface area contributed by atoms with Gasteiger partial charge in [0.25, 0.3) is 0 Å². The van der Waals surface area contributed by atoms with E-state index in [9.17, 15) is 0 Å². The van der Waals surface area contributed by atoms with Gasteiger partial charge < -0.3 is 0 Å². The zero-order chi connectivity index (χ0) is 14.0. The van der Waals surface area contributed by atoms with Crippen LogP contribution in [0.4, 0.5) is 0 Å².